The number of fused-ring (bicyclic) bond motifs is 2. The summed E-state index contributed by atoms with van der Waals surface area (Å²) in [6.45, 7) is 0.226. The molecule has 0 saturated heterocycles. The van der Waals surface area contributed by atoms with Crippen molar-refractivity contribution >= 4 is 10.9 Å². The third kappa shape index (κ3) is 1.98. The molecule has 0 aliphatic carbocycles. The third-order valence-corrected chi connectivity index (χ3v) is 3.72. The number of benzene rings is 2. The van der Waals surface area contributed by atoms with Gasteiger partial charge in [0.05, 0.1) is 12.6 Å². The Kier molecular flexibility index (Phi) is 2.79. The van der Waals surface area contributed by atoms with Crippen LogP contribution in [0, 0.1) is 0 Å². The zero-order chi connectivity index (χ0) is 15.1. The van der Waals surface area contributed by atoms with Gasteiger partial charge in [-0.3, -0.25) is 4.79 Å². The average molecular weight is 295 g/mol. The molecule has 1 aliphatic rings. The van der Waals surface area contributed by atoms with Gasteiger partial charge in [0, 0.05) is 28.8 Å². The largest absolute Gasteiger partial charge is 0.497 e. The molecule has 0 atom stereocenters. The lowest BCUT2D eigenvalue weighted by Crippen LogP contribution is -2.03. The Morgan fingerprint density at radius 3 is 2.77 bits per heavy atom. The molecule has 22 heavy (non-hydrogen) atoms. The molecular weight excluding hydrogens is 282 g/mol. The number of ether oxygens (including phenoxy) is 3. The van der Waals surface area contributed by atoms with Gasteiger partial charge in [-0.15, -0.1) is 0 Å². The molecule has 2 heterocycles. The molecule has 0 radical (unpaired) electrons. The minimum Gasteiger partial charge on any atom is -0.497 e. The van der Waals surface area contributed by atoms with Crippen molar-refractivity contribution in [3.8, 4) is 28.5 Å². The molecule has 0 unspecified atom stereocenters. The van der Waals surface area contributed by atoms with Crippen LogP contribution in [0.25, 0.3) is 22.2 Å². The first kappa shape index (κ1) is 12.8. The number of hydrogen-bond acceptors (Lipinski definition) is 4. The predicted octanol–water partition coefficient (Wildman–Crippen LogP) is 2.93. The monoisotopic (exact) mass is 295 g/mol. The lowest BCUT2D eigenvalue weighted by molar-refractivity contribution is 0.174. The maximum Gasteiger partial charge on any atom is 0.231 e. The highest BCUT2D eigenvalue weighted by molar-refractivity contribution is 5.83. The van der Waals surface area contributed by atoms with Crippen LogP contribution in [-0.4, -0.2) is 18.9 Å². The van der Waals surface area contributed by atoms with Gasteiger partial charge in [-0.05, 0) is 30.3 Å². The quantitative estimate of drug-likeness (QED) is 0.789. The first-order valence-electron chi connectivity index (χ1n) is 6.86. The Labute approximate surface area is 126 Å². The van der Waals surface area contributed by atoms with E-state index in [1.807, 2.05) is 24.3 Å². The van der Waals surface area contributed by atoms with Gasteiger partial charge in [-0.2, -0.15) is 0 Å². The second-order valence-electron chi connectivity index (χ2n) is 5.03. The van der Waals surface area contributed by atoms with Crippen molar-refractivity contribution in [2.24, 2.45) is 0 Å². The summed E-state index contributed by atoms with van der Waals surface area (Å²) in [5.74, 6) is 2.10. The van der Waals surface area contributed by atoms with Crippen molar-refractivity contribution in [3.05, 3.63) is 52.7 Å². The first-order chi connectivity index (χ1) is 10.7. The second kappa shape index (κ2) is 4.80. The standard InChI is InChI=1S/C17H13NO4/c1-20-11-3-4-12-14(7-11)18-13(8-15(12)19)10-2-5-16-17(6-10)22-9-21-16/h2-8H,9H2,1H3,(H,18,19). The van der Waals surface area contributed by atoms with E-state index in [2.05, 4.69) is 4.98 Å². The van der Waals surface area contributed by atoms with E-state index >= 15 is 0 Å². The Morgan fingerprint density at radius 1 is 1.05 bits per heavy atom. The maximum absolute atomic E-state index is 12.3. The Morgan fingerprint density at radius 2 is 1.91 bits per heavy atom. The summed E-state index contributed by atoms with van der Waals surface area (Å²) in [5, 5.41) is 0.630. The van der Waals surface area contributed by atoms with Gasteiger partial charge in [-0.25, -0.2) is 0 Å². The lowest BCUT2D eigenvalue weighted by Gasteiger charge is -2.07. The number of H-pyrrole nitrogens is 1. The van der Waals surface area contributed by atoms with Crippen LogP contribution in [0.3, 0.4) is 0 Å². The van der Waals surface area contributed by atoms with E-state index < -0.39 is 0 Å². The number of aromatic amines is 1. The van der Waals surface area contributed by atoms with Crippen molar-refractivity contribution in [2.75, 3.05) is 13.9 Å². The van der Waals surface area contributed by atoms with E-state index in [0.717, 1.165) is 16.8 Å². The Hall–Kier alpha value is -2.95. The number of rotatable bonds is 2. The zero-order valence-corrected chi connectivity index (χ0v) is 11.9. The molecule has 5 nitrogen and oxygen atoms in total. The van der Waals surface area contributed by atoms with Gasteiger partial charge >= 0.3 is 0 Å². The highest BCUT2D eigenvalue weighted by atomic mass is 16.7. The summed E-state index contributed by atoms with van der Waals surface area (Å²) in [5.41, 5.74) is 2.29. The molecule has 1 N–H and O–H groups in total. The minimum atomic E-state index is -0.0379. The normalized spacial score (nSPS) is 12.6. The molecule has 1 aliphatic heterocycles. The minimum absolute atomic E-state index is 0.0379. The summed E-state index contributed by atoms with van der Waals surface area (Å²) in [6, 6.07) is 12.5. The maximum atomic E-state index is 12.3. The summed E-state index contributed by atoms with van der Waals surface area (Å²) >= 11 is 0. The summed E-state index contributed by atoms with van der Waals surface area (Å²) in [7, 11) is 1.60. The highest BCUT2D eigenvalue weighted by Gasteiger charge is 2.14. The molecule has 4 rings (SSSR count). The van der Waals surface area contributed by atoms with E-state index in [9.17, 15) is 4.79 Å². The molecule has 2 aromatic carbocycles. The Bertz CT molecular complexity index is 930. The van der Waals surface area contributed by atoms with E-state index in [4.69, 9.17) is 14.2 Å². The van der Waals surface area contributed by atoms with Crippen LogP contribution in [0.1, 0.15) is 0 Å². The molecule has 0 spiro atoms. The molecule has 0 fully saturated rings. The van der Waals surface area contributed by atoms with Gasteiger partial charge < -0.3 is 19.2 Å². The molecule has 1 aromatic heterocycles. The number of methoxy groups -OCH3 is 1. The summed E-state index contributed by atoms with van der Waals surface area (Å²) < 4.78 is 15.9. The van der Waals surface area contributed by atoms with Crippen molar-refractivity contribution in [2.45, 2.75) is 0 Å². The molecule has 3 aromatic rings. The van der Waals surface area contributed by atoms with Crippen molar-refractivity contribution in [1.82, 2.24) is 4.98 Å². The predicted molar refractivity (Wildman–Crippen MR) is 82.7 cm³/mol. The van der Waals surface area contributed by atoms with Gasteiger partial charge in [0.2, 0.25) is 6.79 Å². The van der Waals surface area contributed by atoms with Crippen molar-refractivity contribution < 1.29 is 14.2 Å². The van der Waals surface area contributed by atoms with Crippen LogP contribution < -0.4 is 19.6 Å². The van der Waals surface area contributed by atoms with E-state index in [1.165, 1.54) is 0 Å². The number of aromatic nitrogens is 1. The summed E-state index contributed by atoms with van der Waals surface area (Å²) in [4.78, 5) is 15.6. The van der Waals surface area contributed by atoms with Gasteiger partial charge in [-0.1, -0.05) is 0 Å². The van der Waals surface area contributed by atoms with Gasteiger partial charge in [0.15, 0.2) is 16.9 Å². The zero-order valence-electron chi connectivity index (χ0n) is 11.9. The fraction of sp³-hybridized carbons (Fsp3) is 0.118. The van der Waals surface area contributed by atoms with Crippen LogP contribution in [0.4, 0.5) is 0 Å². The number of nitrogens with one attached hydrogen (secondary N) is 1. The van der Waals surface area contributed by atoms with Crippen molar-refractivity contribution in [1.29, 1.82) is 0 Å². The molecular formula is C17H13NO4. The lowest BCUT2D eigenvalue weighted by atomic mass is 10.1. The first-order valence-corrected chi connectivity index (χ1v) is 6.86. The van der Waals surface area contributed by atoms with Crippen LogP contribution >= 0.6 is 0 Å². The highest BCUT2D eigenvalue weighted by Crippen LogP contribution is 2.35. The molecule has 0 saturated carbocycles. The fourth-order valence-corrected chi connectivity index (χ4v) is 2.58. The smallest absolute Gasteiger partial charge is 0.231 e. The van der Waals surface area contributed by atoms with E-state index in [0.29, 0.717) is 22.6 Å². The van der Waals surface area contributed by atoms with Crippen LogP contribution in [-0.2, 0) is 0 Å². The fourth-order valence-electron chi connectivity index (χ4n) is 2.58. The molecule has 0 amide bonds. The van der Waals surface area contributed by atoms with Gasteiger partial charge in [0.1, 0.15) is 5.75 Å². The topological polar surface area (TPSA) is 60.6 Å². The summed E-state index contributed by atoms with van der Waals surface area (Å²) in [6.07, 6.45) is 0. The second-order valence-corrected chi connectivity index (χ2v) is 5.03. The average Bonchev–Trinajstić information content (AvgIpc) is 3.01. The molecule has 0 bridgehead atoms. The van der Waals surface area contributed by atoms with Crippen molar-refractivity contribution in [3.63, 3.8) is 0 Å². The van der Waals surface area contributed by atoms with Crippen LogP contribution in [0.15, 0.2) is 47.3 Å². The molecule has 110 valence electrons. The molecule has 5 heteroatoms. The van der Waals surface area contributed by atoms with Crippen LogP contribution in [0.2, 0.25) is 0 Å². The number of pyridine rings is 1. The Balaban J connectivity index is 1.89. The third-order valence-electron chi connectivity index (χ3n) is 3.72. The van der Waals surface area contributed by atoms with E-state index in [-0.39, 0.29) is 12.2 Å². The SMILES string of the molecule is COc1ccc2c(=O)cc(-c3ccc4c(c3)OCO4)[nH]c2c1. The van der Waals surface area contributed by atoms with Crippen LogP contribution in [0.5, 0.6) is 17.2 Å². The number of hydrogen-bond donors (Lipinski definition) is 1. The van der Waals surface area contributed by atoms with Gasteiger partial charge in [0.25, 0.3) is 0 Å². The van der Waals surface area contributed by atoms with E-state index in [1.54, 1.807) is 25.3 Å².